The van der Waals surface area contributed by atoms with Gasteiger partial charge in [0.15, 0.2) is 5.69 Å². The van der Waals surface area contributed by atoms with Crippen LogP contribution in [-0.2, 0) is 17.7 Å². The molecule has 0 aromatic carbocycles. The van der Waals surface area contributed by atoms with Gasteiger partial charge in [0.05, 0.1) is 7.11 Å². The third-order valence-corrected chi connectivity index (χ3v) is 2.42. The molecule has 0 unspecified atom stereocenters. The van der Waals surface area contributed by atoms with Crippen LogP contribution in [0.2, 0.25) is 0 Å². The number of aromatic nitrogens is 2. The molecule has 0 bridgehead atoms. The van der Waals surface area contributed by atoms with Crippen LogP contribution >= 0.6 is 0 Å². The number of carbonyl (C=O) groups is 1. The van der Waals surface area contributed by atoms with Crippen LogP contribution < -0.4 is 5.73 Å². The second-order valence-electron chi connectivity index (χ2n) is 3.44. The minimum Gasteiger partial charge on any atom is -0.464 e. The first-order chi connectivity index (χ1) is 8.15. The quantitative estimate of drug-likeness (QED) is 0.629. The number of hydrogen-bond donors (Lipinski definition) is 1. The number of rotatable bonds is 4. The Kier molecular flexibility index (Phi) is 4.58. The SMILES string of the molecule is CC#CCCn1c(CC)nc(C(=O)OC)c1N. The molecule has 0 aliphatic carbocycles. The molecular weight excluding hydrogens is 218 g/mol. The van der Waals surface area contributed by atoms with Crippen LogP contribution in [0.5, 0.6) is 0 Å². The highest BCUT2D eigenvalue weighted by atomic mass is 16.5. The Labute approximate surface area is 101 Å². The maximum atomic E-state index is 11.4. The smallest absolute Gasteiger partial charge is 0.360 e. The van der Waals surface area contributed by atoms with Crippen molar-refractivity contribution >= 4 is 11.8 Å². The van der Waals surface area contributed by atoms with E-state index in [0.717, 1.165) is 5.82 Å². The minimum atomic E-state index is -0.502. The molecule has 1 aromatic rings. The molecule has 0 saturated carbocycles. The van der Waals surface area contributed by atoms with Crippen LogP contribution in [0, 0.1) is 11.8 Å². The lowest BCUT2D eigenvalue weighted by molar-refractivity contribution is 0.0595. The fraction of sp³-hybridized carbons (Fsp3) is 0.500. The first-order valence-electron chi connectivity index (χ1n) is 5.48. The van der Waals surface area contributed by atoms with Crippen LogP contribution in [0.4, 0.5) is 5.82 Å². The number of anilines is 1. The lowest BCUT2D eigenvalue weighted by atomic mass is 10.4. The van der Waals surface area contributed by atoms with Gasteiger partial charge in [-0.3, -0.25) is 0 Å². The Bertz CT molecular complexity index is 466. The highest BCUT2D eigenvalue weighted by Gasteiger charge is 2.19. The van der Waals surface area contributed by atoms with E-state index in [1.54, 1.807) is 6.92 Å². The molecule has 0 atom stereocenters. The summed E-state index contributed by atoms with van der Waals surface area (Å²) in [6, 6.07) is 0. The van der Waals surface area contributed by atoms with Gasteiger partial charge < -0.3 is 15.0 Å². The number of carbonyl (C=O) groups excluding carboxylic acids is 1. The molecule has 1 aromatic heterocycles. The van der Waals surface area contributed by atoms with Crippen molar-refractivity contribution in [2.24, 2.45) is 0 Å². The Balaban J connectivity index is 3.04. The first-order valence-corrected chi connectivity index (χ1v) is 5.48. The zero-order chi connectivity index (χ0) is 12.8. The van der Waals surface area contributed by atoms with E-state index in [-0.39, 0.29) is 5.69 Å². The van der Waals surface area contributed by atoms with Gasteiger partial charge in [-0.2, -0.15) is 0 Å². The van der Waals surface area contributed by atoms with Gasteiger partial charge in [-0.25, -0.2) is 9.78 Å². The third-order valence-electron chi connectivity index (χ3n) is 2.42. The molecule has 0 aliphatic heterocycles. The summed E-state index contributed by atoms with van der Waals surface area (Å²) >= 11 is 0. The van der Waals surface area contributed by atoms with Crippen molar-refractivity contribution in [3.63, 3.8) is 0 Å². The van der Waals surface area contributed by atoms with E-state index in [9.17, 15) is 4.79 Å². The number of aryl methyl sites for hydroxylation is 1. The van der Waals surface area contributed by atoms with Crippen molar-refractivity contribution in [2.45, 2.75) is 33.2 Å². The number of imidazole rings is 1. The molecule has 0 fully saturated rings. The van der Waals surface area contributed by atoms with E-state index in [4.69, 9.17) is 5.73 Å². The molecule has 0 saturated heterocycles. The molecule has 0 spiro atoms. The zero-order valence-corrected chi connectivity index (χ0v) is 10.4. The molecule has 5 heteroatoms. The van der Waals surface area contributed by atoms with Gasteiger partial charge in [-0.15, -0.1) is 11.8 Å². The summed E-state index contributed by atoms with van der Waals surface area (Å²) in [5.74, 6) is 6.41. The van der Waals surface area contributed by atoms with Gasteiger partial charge in [0.1, 0.15) is 11.6 Å². The summed E-state index contributed by atoms with van der Waals surface area (Å²) in [5.41, 5.74) is 6.08. The molecule has 2 N–H and O–H groups in total. The van der Waals surface area contributed by atoms with Crippen molar-refractivity contribution in [2.75, 3.05) is 12.8 Å². The van der Waals surface area contributed by atoms with Crippen LogP contribution in [0.1, 0.15) is 36.6 Å². The highest BCUT2D eigenvalue weighted by molar-refractivity contribution is 5.92. The number of methoxy groups -OCH3 is 1. The van der Waals surface area contributed by atoms with Crippen LogP contribution in [-0.4, -0.2) is 22.6 Å². The normalized spacial score (nSPS) is 9.59. The maximum absolute atomic E-state index is 11.4. The van der Waals surface area contributed by atoms with Gasteiger partial charge >= 0.3 is 5.97 Å². The standard InChI is InChI=1S/C12H17N3O2/c1-4-6-7-8-15-9(5-2)14-10(11(15)13)12(16)17-3/h5,7-8,13H2,1-3H3. The molecule has 0 aliphatic rings. The Morgan fingerprint density at radius 1 is 1.59 bits per heavy atom. The summed E-state index contributed by atoms with van der Waals surface area (Å²) in [6.45, 7) is 4.39. The van der Waals surface area contributed by atoms with E-state index in [1.165, 1.54) is 7.11 Å². The lowest BCUT2D eigenvalue weighted by Gasteiger charge is -2.05. The molecule has 0 radical (unpaired) electrons. The number of esters is 1. The van der Waals surface area contributed by atoms with Crippen molar-refractivity contribution in [1.82, 2.24) is 9.55 Å². The van der Waals surface area contributed by atoms with Crippen molar-refractivity contribution in [1.29, 1.82) is 0 Å². The topological polar surface area (TPSA) is 70.1 Å². The predicted molar refractivity (Wildman–Crippen MR) is 65.4 cm³/mol. The monoisotopic (exact) mass is 235 g/mol. The van der Waals surface area contributed by atoms with Crippen LogP contribution in [0.15, 0.2) is 0 Å². The van der Waals surface area contributed by atoms with Gasteiger partial charge in [0.25, 0.3) is 0 Å². The molecule has 0 amide bonds. The lowest BCUT2D eigenvalue weighted by Crippen LogP contribution is -2.09. The van der Waals surface area contributed by atoms with E-state index >= 15 is 0 Å². The Morgan fingerprint density at radius 2 is 2.29 bits per heavy atom. The van der Waals surface area contributed by atoms with Gasteiger partial charge in [-0.1, -0.05) is 6.92 Å². The maximum Gasteiger partial charge on any atom is 0.360 e. The second kappa shape index (κ2) is 5.94. The summed E-state index contributed by atoms with van der Waals surface area (Å²) in [6.07, 6.45) is 1.39. The molecular formula is C12H17N3O2. The zero-order valence-electron chi connectivity index (χ0n) is 10.4. The molecule has 17 heavy (non-hydrogen) atoms. The number of nitrogens with zero attached hydrogens (tertiary/aromatic N) is 2. The third kappa shape index (κ3) is 2.78. The number of nitrogens with two attached hydrogens (primary N) is 1. The number of hydrogen-bond acceptors (Lipinski definition) is 4. The summed E-state index contributed by atoms with van der Waals surface area (Å²) in [4.78, 5) is 15.6. The van der Waals surface area contributed by atoms with Crippen LogP contribution in [0.3, 0.4) is 0 Å². The Hall–Kier alpha value is -1.96. The molecule has 1 rings (SSSR count). The molecule has 5 nitrogen and oxygen atoms in total. The Morgan fingerprint density at radius 3 is 2.82 bits per heavy atom. The number of nitrogen functional groups attached to an aromatic ring is 1. The summed E-state index contributed by atoms with van der Waals surface area (Å²) < 4.78 is 6.45. The average Bonchev–Trinajstić information content (AvgIpc) is 2.66. The van der Waals surface area contributed by atoms with E-state index in [1.807, 2.05) is 11.5 Å². The summed E-state index contributed by atoms with van der Waals surface area (Å²) in [7, 11) is 1.31. The first kappa shape index (κ1) is 13.1. The summed E-state index contributed by atoms with van der Waals surface area (Å²) in [5, 5.41) is 0. The predicted octanol–water partition coefficient (Wildman–Crippen LogP) is 1.23. The molecule has 92 valence electrons. The minimum absolute atomic E-state index is 0.189. The fourth-order valence-corrected chi connectivity index (χ4v) is 1.57. The number of ether oxygens (including phenoxy) is 1. The molecule has 1 heterocycles. The van der Waals surface area contributed by atoms with Crippen molar-refractivity contribution in [3.8, 4) is 11.8 Å². The van der Waals surface area contributed by atoms with Crippen molar-refractivity contribution < 1.29 is 9.53 Å². The van der Waals surface area contributed by atoms with Gasteiger partial charge in [-0.05, 0) is 6.92 Å². The highest BCUT2D eigenvalue weighted by Crippen LogP contribution is 2.16. The fourth-order valence-electron chi connectivity index (χ4n) is 1.57. The van der Waals surface area contributed by atoms with E-state index in [0.29, 0.717) is 25.2 Å². The van der Waals surface area contributed by atoms with E-state index in [2.05, 4.69) is 21.6 Å². The van der Waals surface area contributed by atoms with Crippen molar-refractivity contribution in [3.05, 3.63) is 11.5 Å². The van der Waals surface area contributed by atoms with Gasteiger partial charge in [0, 0.05) is 19.4 Å². The second-order valence-corrected chi connectivity index (χ2v) is 3.44. The average molecular weight is 235 g/mol. The van der Waals surface area contributed by atoms with Gasteiger partial charge in [0.2, 0.25) is 0 Å². The van der Waals surface area contributed by atoms with Crippen LogP contribution in [0.25, 0.3) is 0 Å². The largest absolute Gasteiger partial charge is 0.464 e. The van der Waals surface area contributed by atoms with E-state index < -0.39 is 5.97 Å².